The fraction of sp³-hybridized carbons (Fsp3) is 0.500. The van der Waals surface area contributed by atoms with Crippen LogP contribution in [0.2, 0.25) is 0 Å². The van der Waals surface area contributed by atoms with Crippen molar-refractivity contribution in [3.63, 3.8) is 0 Å². The molecule has 0 radical (unpaired) electrons. The molecule has 0 spiro atoms. The molecule has 1 aromatic heterocycles. The largest absolute Gasteiger partial charge is 0.310 e. The van der Waals surface area contributed by atoms with E-state index in [-0.39, 0.29) is 0 Å². The van der Waals surface area contributed by atoms with E-state index in [1.807, 2.05) is 6.92 Å². The summed E-state index contributed by atoms with van der Waals surface area (Å²) in [6, 6.07) is 9.28. The summed E-state index contributed by atoms with van der Waals surface area (Å²) >= 11 is 0. The fourth-order valence-electron chi connectivity index (χ4n) is 2.83. The van der Waals surface area contributed by atoms with Crippen molar-refractivity contribution in [2.45, 2.75) is 53.6 Å². The fourth-order valence-corrected chi connectivity index (χ4v) is 2.83. The van der Waals surface area contributed by atoms with Crippen molar-refractivity contribution in [2.75, 3.05) is 6.54 Å². The highest BCUT2D eigenvalue weighted by Gasteiger charge is 2.06. The molecule has 1 atom stereocenters. The van der Waals surface area contributed by atoms with E-state index in [1.54, 1.807) is 0 Å². The Morgan fingerprint density at radius 1 is 1.05 bits per heavy atom. The molecular weight excluding hydrogens is 258 g/mol. The van der Waals surface area contributed by atoms with Crippen molar-refractivity contribution in [1.29, 1.82) is 0 Å². The Hall–Kier alpha value is -1.61. The molecule has 0 saturated heterocycles. The second kappa shape index (κ2) is 6.90. The van der Waals surface area contributed by atoms with E-state index in [2.05, 4.69) is 67.1 Å². The van der Waals surface area contributed by atoms with Gasteiger partial charge in [0.1, 0.15) is 0 Å². The number of hydrogen-bond donors (Lipinski definition) is 1. The maximum atomic E-state index is 4.50. The third kappa shape index (κ3) is 4.43. The Labute approximate surface area is 128 Å². The summed E-state index contributed by atoms with van der Waals surface area (Å²) in [5.41, 5.74) is 6.39. The van der Waals surface area contributed by atoms with Crippen molar-refractivity contribution < 1.29 is 0 Å². The molecule has 0 fully saturated rings. The lowest BCUT2D eigenvalue weighted by Gasteiger charge is -2.16. The predicted octanol–water partition coefficient (Wildman–Crippen LogP) is 3.86. The number of rotatable bonds is 6. The zero-order chi connectivity index (χ0) is 15.4. The van der Waals surface area contributed by atoms with Gasteiger partial charge in [0.05, 0.1) is 5.69 Å². The number of nitrogens with one attached hydrogen (secondary N) is 1. The smallest absolute Gasteiger partial charge is 0.0596 e. The van der Waals surface area contributed by atoms with Crippen LogP contribution in [0.15, 0.2) is 24.3 Å². The SMILES string of the molecule is Cc1cc(C)cc(C(C)NCCCn2nc(C)cc2C)c1. The third-order valence-electron chi connectivity index (χ3n) is 3.84. The van der Waals surface area contributed by atoms with Crippen LogP contribution >= 0.6 is 0 Å². The van der Waals surface area contributed by atoms with E-state index in [9.17, 15) is 0 Å². The maximum Gasteiger partial charge on any atom is 0.0596 e. The maximum absolute atomic E-state index is 4.50. The lowest BCUT2D eigenvalue weighted by Crippen LogP contribution is -2.21. The first-order valence-corrected chi connectivity index (χ1v) is 7.78. The van der Waals surface area contributed by atoms with E-state index in [0.29, 0.717) is 6.04 Å². The van der Waals surface area contributed by atoms with Gasteiger partial charge in [-0.1, -0.05) is 29.3 Å². The van der Waals surface area contributed by atoms with Crippen LogP contribution in [0.4, 0.5) is 0 Å². The molecule has 2 aromatic rings. The second-order valence-corrected chi connectivity index (χ2v) is 6.10. The molecular formula is C18H27N3. The van der Waals surface area contributed by atoms with Crippen LogP contribution in [0, 0.1) is 27.7 Å². The molecule has 3 heteroatoms. The molecule has 0 amide bonds. The minimum absolute atomic E-state index is 0.393. The summed E-state index contributed by atoms with van der Waals surface area (Å²) in [6.07, 6.45) is 1.09. The van der Waals surface area contributed by atoms with Crippen LogP contribution in [0.1, 0.15) is 47.5 Å². The van der Waals surface area contributed by atoms with Gasteiger partial charge in [-0.25, -0.2) is 0 Å². The summed E-state index contributed by atoms with van der Waals surface area (Å²) in [6.45, 7) is 12.7. The Balaban J connectivity index is 1.81. The molecule has 0 aliphatic heterocycles. The molecule has 114 valence electrons. The average Bonchev–Trinajstić information content (AvgIpc) is 2.71. The predicted molar refractivity (Wildman–Crippen MR) is 88.7 cm³/mol. The molecule has 1 aromatic carbocycles. The van der Waals surface area contributed by atoms with Crippen molar-refractivity contribution >= 4 is 0 Å². The topological polar surface area (TPSA) is 29.9 Å². The van der Waals surface area contributed by atoms with Gasteiger partial charge in [-0.3, -0.25) is 4.68 Å². The van der Waals surface area contributed by atoms with Gasteiger partial charge < -0.3 is 5.32 Å². The highest BCUT2D eigenvalue weighted by Crippen LogP contribution is 2.16. The summed E-state index contributed by atoms with van der Waals surface area (Å²) in [5, 5.41) is 8.11. The third-order valence-corrected chi connectivity index (χ3v) is 3.84. The Kier molecular flexibility index (Phi) is 5.18. The molecule has 1 N–H and O–H groups in total. The first kappa shape index (κ1) is 15.8. The van der Waals surface area contributed by atoms with Crippen molar-refractivity contribution in [3.8, 4) is 0 Å². The molecule has 0 bridgehead atoms. The molecule has 3 nitrogen and oxygen atoms in total. The normalized spacial score (nSPS) is 12.6. The van der Waals surface area contributed by atoms with Crippen molar-refractivity contribution in [2.24, 2.45) is 0 Å². The molecule has 0 aliphatic rings. The van der Waals surface area contributed by atoms with E-state index in [4.69, 9.17) is 0 Å². The molecule has 2 rings (SSSR count). The highest BCUT2D eigenvalue weighted by molar-refractivity contribution is 5.30. The van der Waals surface area contributed by atoms with Crippen LogP contribution in [0.25, 0.3) is 0 Å². The Bertz CT molecular complexity index is 578. The van der Waals surface area contributed by atoms with Gasteiger partial charge in [0.2, 0.25) is 0 Å². The number of aryl methyl sites for hydroxylation is 5. The summed E-state index contributed by atoms with van der Waals surface area (Å²) < 4.78 is 2.10. The zero-order valence-corrected chi connectivity index (χ0v) is 13.9. The van der Waals surface area contributed by atoms with Gasteiger partial charge in [0.25, 0.3) is 0 Å². The lowest BCUT2D eigenvalue weighted by atomic mass is 10.0. The summed E-state index contributed by atoms with van der Waals surface area (Å²) in [7, 11) is 0. The number of hydrogen-bond acceptors (Lipinski definition) is 2. The van der Waals surface area contributed by atoms with E-state index in [0.717, 1.165) is 25.2 Å². The highest BCUT2D eigenvalue weighted by atomic mass is 15.3. The van der Waals surface area contributed by atoms with Crippen LogP contribution in [0.5, 0.6) is 0 Å². The lowest BCUT2D eigenvalue weighted by molar-refractivity contribution is 0.500. The van der Waals surface area contributed by atoms with Gasteiger partial charge in [-0.15, -0.1) is 0 Å². The Morgan fingerprint density at radius 3 is 2.29 bits per heavy atom. The van der Waals surface area contributed by atoms with E-state index < -0.39 is 0 Å². The van der Waals surface area contributed by atoms with Crippen molar-refractivity contribution in [1.82, 2.24) is 15.1 Å². The van der Waals surface area contributed by atoms with Gasteiger partial charge >= 0.3 is 0 Å². The molecule has 0 saturated carbocycles. The number of nitrogens with zero attached hydrogens (tertiary/aromatic N) is 2. The number of aromatic nitrogens is 2. The first-order valence-electron chi connectivity index (χ1n) is 7.78. The first-order chi connectivity index (χ1) is 9.95. The van der Waals surface area contributed by atoms with Gasteiger partial charge in [0, 0.05) is 18.3 Å². The van der Waals surface area contributed by atoms with Gasteiger partial charge in [0.15, 0.2) is 0 Å². The molecule has 21 heavy (non-hydrogen) atoms. The Morgan fingerprint density at radius 2 is 1.71 bits per heavy atom. The second-order valence-electron chi connectivity index (χ2n) is 6.10. The zero-order valence-electron chi connectivity index (χ0n) is 13.9. The monoisotopic (exact) mass is 285 g/mol. The molecule has 1 heterocycles. The standard InChI is InChI=1S/C18H27N3/c1-13-9-14(2)11-18(10-13)17(5)19-7-6-8-21-16(4)12-15(3)20-21/h9-12,17,19H,6-8H2,1-5H3. The van der Waals surface area contributed by atoms with Gasteiger partial charge in [-0.05, 0) is 59.2 Å². The van der Waals surface area contributed by atoms with Crippen LogP contribution < -0.4 is 5.32 Å². The molecule has 1 unspecified atom stereocenters. The summed E-state index contributed by atoms with van der Waals surface area (Å²) in [4.78, 5) is 0. The van der Waals surface area contributed by atoms with Crippen LogP contribution in [-0.2, 0) is 6.54 Å². The van der Waals surface area contributed by atoms with E-state index >= 15 is 0 Å². The van der Waals surface area contributed by atoms with Crippen LogP contribution in [-0.4, -0.2) is 16.3 Å². The minimum atomic E-state index is 0.393. The van der Waals surface area contributed by atoms with E-state index in [1.165, 1.54) is 22.4 Å². The quantitative estimate of drug-likeness (QED) is 0.817. The van der Waals surface area contributed by atoms with Crippen LogP contribution in [0.3, 0.4) is 0 Å². The molecule has 0 aliphatic carbocycles. The minimum Gasteiger partial charge on any atom is -0.310 e. The van der Waals surface area contributed by atoms with Gasteiger partial charge in [-0.2, -0.15) is 5.10 Å². The average molecular weight is 285 g/mol. The summed E-state index contributed by atoms with van der Waals surface area (Å²) in [5.74, 6) is 0. The number of benzene rings is 1. The van der Waals surface area contributed by atoms with Crippen molar-refractivity contribution in [3.05, 3.63) is 52.3 Å².